The van der Waals surface area contributed by atoms with Crippen LogP contribution in [0.1, 0.15) is 29.8 Å². The van der Waals surface area contributed by atoms with Gasteiger partial charge in [-0.3, -0.25) is 4.79 Å². The molecule has 2 aromatic rings. The topological polar surface area (TPSA) is 81.7 Å². The van der Waals surface area contributed by atoms with Gasteiger partial charge in [-0.1, -0.05) is 30.3 Å². The van der Waals surface area contributed by atoms with Crippen LogP contribution in [0.4, 0.5) is 10.1 Å². The van der Waals surface area contributed by atoms with Gasteiger partial charge < -0.3 is 14.8 Å². The van der Waals surface area contributed by atoms with Crippen LogP contribution in [0.25, 0.3) is 0 Å². The first kappa shape index (κ1) is 18.3. The molecule has 1 fully saturated rings. The molecule has 1 aliphatic heterocycles. The number of ether oxygens (including phenoxy) is 2. The van der Waals surface area contributed by atoms with Crippen molar-refractivity contribution in [3.05, 3.63) is 77.2 Å². The van der Waals surface area contributed by atoms with Gasteiger partial charge in [0.15, 0.2) is 11.4 Å². The van der Waals surface area contributed by atoms with E-state index >= 15 is 0 Å². The van der Waals surface area contributed by atoms with Crippen LogP contribution in [-0.4, -0.2) is 23.5 Å². The minimum absolute atomic E-state index is 0.0518. The molecule has 138 valence electrons. The van der Waals surface area contributed by atoms with E-state index < -0.39 is 29.3 Å². The van der Waals surface area contributed by atoms with Crippen molar-refractivity contribution in [1.82, 2.24) is 0 Å². The number of ketones is 1. The van der Waals surface area contributed by atoms with Crippen LogP contribution < -0.4 is 5.32 Å². The van der Waals surface area contributed by atoms with Crippen molar-refractivity contribution in [1.29, 1.82) is 0 Å². The summed E-state index contributed by atoms with van der Waals surface area (Å²) in [5, 5.41) is 2.70. The number of esters is 2. The lowest BCUT2D eigenvalue weighted by atomic mass is 10.0. The largest absolute Gasteiger partial charge is 0.419 e. The third kappa shape index (κ3) is 4.03. The van der Waals surface area contributed by atoms with Gasteiger partial charge in [0.25, 0.3) is 5.79 Å². The molecule has 6 nitrogen and oxygen atoms in total. The van der Waals surface area contributed by atoms with Gasteiger partial charge in [-0.15, -0.1) is 0 Å². The predicted octanol–water partition coefficient (Wildman–Crippen LogP) is 3.19. The number of hydrogen-bond acceptors (Lipinski definition) is 6. The Labute approximate surface area is 154 Å². The van der Waals surface area contributed by atoms with Crippen LogP contribution in [0.2, 0.25) is 0 Å². The number of benzene rings is 2. The zero-order valence-electron chi connectivity index (χ0n) is 14.6. The summed E-state index contributed by atoms with van der Waals surface area (Å²) in [7, 11) is 0. The van der Waals surface area contributed by atoms with E-state index in [-0.39, 0.29) is 16.8 Å². The highest BCUT2D eigenvalue weighted by Gasteiger charge is 2.39. The number of cyclic esters (lactones) is 2. The van der Waals surface area contributed by atoms with Crippen LogP contribution in [0, 0.1) is 5.82 Å². The molecular weight excluding hydrogens is 353 g/mol. The van der Waals surface area contributed by atoms with Crippen molar-refractivity contribution in [2.24, 2.45) is 0 Å². The molecule has 0 unspecified atom stereocenters. The van der Waals surface area contributed by atoms with E-state index in [0.717, 1.165) is 18.3 Å². The van der Waals surface area contributed by atoms with Gasteiger partial charge in [0.05, 0.1) is 0 Å². The standard InChI is InChI=1S/C20H16FNO5/c1-20(2)26-18(24)15(19(25)27-20)11-22-16-9-8-13(21)10-14(16)17(23)12-6-4-3-5-7-12/h3-11,22H,1-2H3. The summed E-state index contributed by atoms with van der Waals surface area (Å²) in [6, 6.07) is 11.9. The van der Waals surface area contributed by atoms with Crippen LogP contribution in [0.3, 0.4) is 0 Å². The van der Waals surface area contributed by atoms with Gasteiger partial charge in [-0.05, 0) is 18.2 Å². The Balaban J connectivity index is 1.91. The molecule has 0 amide bonds. The second-order valence-electron chi connectivity index (χ2n) is 6.27. The Morgan fingerprint density at radius 3 is 2.30 bits per heavy atom. The summed E-state index contributed by atoms with van der Waals surface area (Å²) in [5.41, 5.74) is 0.285. The number of carbonyl (C=O) groups is 3. The molecular formula is C20H16FNO5. The minimum Gasteiger partial charge on any atom is -0.419 e. The smallest absolute Gasteiger partial charge is 0.350 e. The maximum Gasteiger partial charge on any atom is 0.350 e. The molecule has 0 atom stereocenters. The Morgan fingerprint density at radius 2 is 1.67 bits per heavy atom. The molecule has 1 N–H and O–H groups in total. The lowest BCUT2D eigenvalue weighted by molar-refractivity contribution is -0.222. The van der Waals surface area contributed by atoms with Crippen LogP contribution in [0.5, 0.6) is 0 Å². The molecule has 3 rings (SSSR count). The van der Waals surface area contributed by atoms with Gasteiger partial charge in [0, 0.05) is 36.9 Å². The number of anilines is 1. The molecule has 1 heterocycles. The summed E-state index contributed by atoms with van der Waals surface area (Å²) in [4.78, 5) is 36.6. The van der Waals surface area contributed by atoms with Crippen molar-refractivity contribution in [2.75, 3.05) is 5.32 Å². The second-order valence-corrected chi connectivity index (χ2v) is 6.27. The lowest BCUT2D eigenvalue weighted by Crippen LogP contribution is -2.42. The predicted molar refractivity (Wildman–Crippen MR) is 94.2 cm³/mol. The third-order valence-electron chi connectivity index (χ3n) is 3.75. The second kappa shape index (κ2) is 7.03. The van der Waals surface area contributed by atoms with Gasteiger partial charge in [-0.2, -0.15) is 0 Å². The van der Waals surface area contributed by atoms with Crippen LogP contribution in [-0.2, 0) is 19.1 Å². The van der Waals surface area contributed by atoms with E-state index in [9.17, 15) is 18.8 Å². The summed E-state index contributed by atoms with van der Waals surface area (Å²) >= 11 is 0. The summed E-state index contributed by atoms with van der Waals surface area (Å²) in [5.74, 6) is -4.07. The van der Waals surface area contributed by atoms with Crippen LogP contribution >= 0.6 is 0 Å². The van der Waals surface area contributed by atoms with E-state index in [1.54, 1.807) is 30.3 Å². The Morgan fingerprint density at radius 1 is 1.04 bits per heavy atom. The van der Waals surface area contributed by atoms with Gasteiger partial charge in [-0.25, -0.2) is 14.0 Å². The average molecular weight is 369 g/mol. The Kier molecular flexibility index (Phi) is 4.77. The SMILES string of the molecule is CC1(C)OC(=O)C(=CNc2ccc(F)cc2C(=O)c2ccccc2)C(=O)O1. The number of rotatable bonds is 4. The fourth-order valence-electron chi connectivity index (χ4n) is 2.50. The molecule has 0 spiro atoms. The number of nitrogens with one attached hydrogen (secondary N) is 1. The van der Waals surface area contributed by atoms with Crippen molar-refractivity contribution >= 4 is 23.4 Å². The quantitative estimate of drug-likeness (QED) is 0.386. The maximum absolute atomic E-state index is 13.7. The van der Waals surface area contributed by atoms with E-state index in [1.165, 1.54) is 19.9 Å². The highest BCUT2D eigenvalue weighted by molar-refractivity contribution is 6.16. The number of carbonyl (C=O) groups excluding carboxylic acids is 3. The van der Waals surface area contributed by atoms with Crippen LogP contribution in [0.15, 0.2) is 60.3 Å². The molecule has 2 aromatic carbocycles. The molecule has 0 aromatic heterocycles. The molecule has 1 saturated heterocycles. The Hall–Kier alpha value is -3.48. The molecule has 7 heteroatoms. The van der Waals surface area contributed by atoms with Gasteiger partial charge in [0.2, 0.25) is 0 Å². The monoisotopic (exact) mass is 369 g/mol. The molecule has 27 heavy (non-hydrogen) atoms. The first-order valence-corrected chi connectivity index (χ1v) is 8.09. The Bertz CT molecular complexity index is 928. The number of hydrogen-bond donors (Lipinski definition) is 1. The average Bonchev–Trinajstić information content (AvgIpc) is 2.61. The molecule has 0 aliphatic carbocycles. The van der Waals surface area contributed by atoms with E-state index in [1.807, 2.05) is 0 Å². The van der Waals surface area contributed by atoms with Crippen molar-refractivity contribution in [2.45, 2.75) is 19.6 Å². The normalized spacial score (nSPS) is 15.6. The lowest BCUT2D eigenvalue weighted by Gasteiger charge is -2.29. The molecule has 0 radical (unpaired) electrons. The van der Waals surface area contributed by atoms with E-state index in [2.05, 4.69) is 5.32 Å². The highest BCUT2D eigenvalue weighted by Crippen LogP contribution is 2.24. The number of halogens is 1. The third-order valence-corrected chi connectivity index (χ3v) is 3.75. The first-order chi connectivity index (χ1) is 12.8. The molecule has 1 aliphatic rings. The maximum atomic E-state index is 13.7. The van der Waals surface area contributed by atoms with Crippen molar-refractivity contribution in [3.63, 3.8) is 0 Å². The summed E-state index contributed by atoms with van der Waals surface area (Å²) < 4.78 is 23.7. The zero-order chi connectivity index (χ0) is 19.6. The highest BCUT2D eigenvalue weighted by atomic mass is 19.1. The first-order valence-electron chi connectivity index (χ1n) is 8.09. The van der Waals surface area contributed by atoms with E-state index in [0.29, 0.717) is 5.56 Å². The van der Waals surface area contributed by atoms with Gasteiger partial charge in [0.1, 0.15) is 5.82 Å². The summed E-state index contributed by atoms with van der Waals surface area (Å²) in [6.45, 7) is 2.87. The van der Waals surface area contributed by atoms with E-state index in [4.69, 9.17) is 9.47 Å². The van der Waals surface area contributed by atoms with Gasteiger partial charge >= 0.3 is 11.9 Å². The molecule has 0 bridgehead atoms. The van der Waals surface area contributed by atoms with Crippen molar-refractivity contribution < 1.29 is 28.2 Å². The minimum atomic E-state index is -1.35. The van der Waals surface area contributed by atoms with Crippen molar-refractivity contribution in [3.8, 4) is 0 Å². The summed E-state index contributed by atoms with van der Waals surface area (Å²) in [6.07, 6.45) is 1.08. The zero-order valence-corrected chi connectivity index (χ0v) is 14.6. The fourth-order valence-corrected chi connectivity index (χ4v) is 2.50. The fraction of sp³-hybridized carbons (Fsp3) is 0.150. The molecule has 0 saturated carbocycles.